The average Bonchev–Trinajstić information content (AvgIpc) is 2.87. The highest BCUT2D eigenvalue weighted by atomic mass is 19.1. The largest absolute Gasteiger partial charge is 0.441 e. The molecule has 0 atom stereocenters. The molecule has 0 unspecified atom stereocenters. The fourth-order valence-corrected chi connectivity index (χ4v) is 2.04. The van der Waals surface area contributed by atoms with Crippen LogP contribution < -0.4 is 5.32 Å². The Hall–Kier alpha value is -1.68. The lowest BCUT2D eigenvalue weighted by Gasteiger charge is -2.01. The molecule has 2 rings (SSSR count). The summed E-state index contributed by atoms with van der Waals surface area (Å²) in [5.41, 5.74) is 1.37. The van der Waals surface area contributed by atoms with Gasteiger partial charge in [-0.2, -0.15) is 0 Å². The van der Waals surface area contributed by atoms with Crippen LogP contribution in [0, 0.1) is 12.7 Å². The van der Waals surface area contributed by atoms with Crippen molar-refractivity contribution in [2.45, 2.75) is 33.1 Å². The van der Waals surface area contributed by atoms with E-state index >= 15 is 0 Å². The van der Waals surface area contributed by atoms with Crippen molar-refractivity contribution >= 4 is 0 Å². The van der Waals surface area contributed by atoms with Gasteiger partial charge in [0.15, 0.2) is 11.7 Å². The van der Waals surface area contributed by atoms with Crippen molar-refractivity contribution in [3.8, 4) is 11.3 Å². The van der Waals surface area contributed by atoms with Crippen molar-refractivity contribution in [2.75, 3.05) is 13.1 Å². The molecule has 3 nitrogen and oxygen atoms in total. The highest BCUT2D eigenvalue weighted by molar-refractivity contribution is 5.57. The number of nitrogens with zero attached hydrogens (tertiary/aromatic N) is 1. The molecule has 1 aromatic heterocycles. The maximum atomic E-state index is 13.8. The fourth-order valence-electron chi connectivity index (χ4n) is 2.04. The molecule has 0 fully saturated rings. The van der Waals surface area contributed by atoms with Gasteiger partial charge in [-0.3, -0.25) is 0 Å². The Morgan fingerprint density at radius 3 is 2.90 bits per heavy atom. The van der Waals surface area contributed by atoms with Crippen molar-refractivity contribution in [1.29, 1.82) is 0 Å². The summed E-state index contributed by atoms with van der Waals surface area (Å²) < 4.78 is 19.5. The summed E-state index contributed by atoms with van der Waals surface area (Å²) in [5, 5.41) is 3.33. The quantitative estimate of drug-likeness (QED) is 0.783. The molecule has 1 N–H and O–H groups in total. The van der Waals surface area contributed by atoms with Gasteiger partial charge in [0.25, 0.3) is 0 Å². The molecule has 1 aromatic carbocycles. The minimum absolute atomic E-state index is 0.266. The predicted octanol–water partition coefficient (Wildman–Crippen LogP) is 3.72. The van der Waals surface area contributed by atoms with Crippen molar-refractivity contribution in [3.05, 3.63) is 41.7 Å². The molecule has 108 valence electrons. The van der Waals surface area contributed by atoms with Gasteiger partial charge in [0.2, 0.25) is 0 Å². The number of aromatic nitrogens is 1. The first-order chi connectivity index (χ1) is 9.70. The first-order valence-electron chi connectivity index (χ1n) is 7.12. The third-order valence-electron chi connectivity index (χ3n) is 3.11. The summed E-state index contributed by atoms with van der Waals surface area (Å²) in [6.45, 7) is 5.99. The summed E-state index contributed by atoms with van der Waals surface area (Å²) >= 11 is 0. The first kappa shape index (κ1) is 14.7. The van der Waals surface area contributed by atoms with E-state index in [2.05, 4.69) is 17.2 Å². The summed E-state index contributed by atoms with van der Waals surface area (Å²) in [4.78, 5) is 4.21. The molecule has 0 aliphatic heterocycles. The van der Waals surface area contributed by atoms with Crippen molar-refractivity contribution in [3.63, 3.8) is 0 Å². The Balaban J connectivity index is 1.95. The van der Waals surface area contributed by atoms with Gasteiger partial charge >= 0.3 is 0 Å². The molecule has 0 saturated carbocycles. The Bertz CT molecular complexity index is 551. The predicted molar refractivity (Wildman–Crippen MR) is 78.1 cm³/mol. The van der Waals surface area contributed by atoms with Crippen molar-refractivity contribution in [1.82, 2.24) is 10.3 Å². The normalized spacial score (nSPS) is 10.9. The van der Waals surface area contributed by atoms with E-state index in [-0.39, 0.29) is 5.82 Å². The van der Waals surface area contributed by atoms with Gasteiger partial charge in [0, 0.05) is 6.42 Å². The third-order valence-corrected chi connectivity index (χ3v) is 3.11. The van der Waals surface area contributed by atoms with Crippen LogP contribution in [0.3, 0.4) is 0 Å². The van der Waals surface area contributed by atoms with E-state index in [1.807, 2.05) is 13.0 Å². The molecular weight excluding hydrogens is 255 g/mol. The molecule has 0 aliphatic carbocycles. The number of hydrogen-bond donors (Lipinski definition) is 1. The molecule has 0 aliphatic rings. The molecule has 20 heavy (non-hydrogen) atoms. The van der Waals surface area contributed by atoms with Crippen molar-refractivity contribution < 1.29 is 8.81 Å². The van der Waals surface area contributed by atoms with Crippen LogP contribution in [0.4, 0.5) is 4.39 Å². The van der Waals surface area contributed by atoms with E-state index in [1.165, 1.54) is 6.07 Å². The molecule has 0 bridgehead atoms. The number of rotatable bonds is 7. The molecule has 0 radical (unpaired) electrons. The monoisotopic (exact) mass is 276 g/mol. The fraction of sp³-hybridized carbons (Fsp3) is 0.438. The molecule has 0 spiro atoms. The number of nitrogens with one attached hydrogen (secondary N) is 1. The topological polar surface area (TPSA) is 38.1 Å². The van der Waals surface area contributed by atoms with E-state index in [0.717, 1.165) is 37.9 Å². The van der Waals surface area contributed by atoms with Gasteiger partial charge in [-0.1, -0.05) is 13.0 Å². The Morgan fingerprint density at radius 2 is 2.15 bits per heavy atom. The van der Waals surface area contributed by atoms with Crippen molar-refractivity contribution in [2.24, 2.45) is 0 Å². The van der Waals surface area contributed by atoms with Gasteiger partial charge in [-0.05, 0) is 50.6 Å². The molecule has 0 amide bonds. The maximum absolute atomic E-state index is 13.8. The summed E-state index contributed by atoms with van der Waals surface area (Å²) in [7, 11) is 0. The van der Waals surface area contributed by atoms with E-state index in [9.17, 15) is 4.39 Å². The summed E-state index contributed by atoms with van der Waals surface area (Å²) in [5.74, 6) is 0.898. The maximum Gasteiger partial charge on any atom is 0.194 e. The minimum Gasteiger partial charge on any atom is -0.441 e. The minimum atomic E-state index is -0.266. The van der Waals surface area contributed by atoms with E-state index in [4.69, 9.17) is 4.42 Å². The van der Waals surface area contributed by atoms with Crippen LogP contribution in [-0.2, 0) is 6.42 Å². The third kappa shape index (κ3) is 3.90. The molecule has 2 aromatic rings. The van der Waals surface area contributed by atoms with Crippen LogP contribution in [0.15, 0.2) is 28.8 Å². The van der Waals surface area contributed by atoms with Crippen LogP contribution in [-0.4, -0.2) is 18.1 Å². The van der Waals surface area contributed by atoms with Gasteiger partial charge in [0.1, 0.15) is 5.82 Å². The second kappa shape index (κ2) is 7.20. The van der Waals surface area contributed by atoms with Gasteiger partial charge in [-0.15, -0.1) is 0 Å². The van der Waals surface area contributed by atoms with E-state index in [1.54, 1.807) is 12.3 Å². The van der Waals surface area contributed by atoms with Crippen LogP contribution in [0.5, 0.6) is 0 Å². The lowest BCUT2D eigenvalue weighted by atomic mass is 10.1. The Kier molecular flexibility index (Phi) is 5.30. The lowest BCUT2D eigenvalue weighted by molar-refractivity contribution is 0.488. The highest BCUT2D eigenvalue weighted by Gasteiger charge is 2.10. The van der Waals surface area contributed by atoms with Crippen LogP contribution in [0.25, 0.3) is 11.3 Å². The summed E-state index contributed by atoms with van der Waals surface area (Å²) in [6, 6.07) is 5.11. The molecule has 0 saturated heterocycles. The molecular formula is C16H21FN2O. The number of hydrogen-bond acceptors (Lipinski definition) is 3. The van der Waals surface area contributed by atoms with Crippen LogP contribution >= 0.6 is 0 Å². The standard InChI is InChI=1S/C16H21FN2O/c1-3-8-18-9-4-5-16-19-11-15(20-16)13-7-6-12(2)10-14(13)17/h6-7,10-11,18H,3-5,8-9H2,1-2H3. The zero-order valence-electron chi connectivity index (χ0n) is 12.1. The van der Waals surface area contributed by atoms with Crippen LogP contribution in [0.2, 0.25) is 0 Å². The smallest absolute Gasteiger partial charge is 0.194 e. The second-order valence-corrected chi connectivity index (χ2v) is 4.96. The van der Waals surface area contributed by atoms with Gasteiger partial charge in [-0.25, -0.2) is 9.37 Å². The van der Waals surface area contributed by atoms with Gasteiger partial charge < -0.3 is 9.73 Å². The van der Waals surface area contributed by atoms with E-state index < -0.39 is 0 Å². The zero-order chi connectivity index (χ0) is 14.4. The average molecular weight is 276 g/mol. The molecule has 4 heteroatoms. The number of aryl methyl sites for hydroxylation is 2. The second-order valence-electron chi connectivity index (χ2n) is 4.96. The number of oxazole rings is 1. The number of benzene rings is 1. The summed E-state index contributed by atoms with van der Waals surface area (Å²) in [6.07, 6.45) is 4.47. The SMILES string of the molecule is CCCNCCCc1ncc(-c2ccc(C)cc2F)o1. The highest BCUT2D eigenvalue weighted by Crippen LogP contribution is 2.24. The Morgan fingerprint density at radius 1 is 1.30 bits per heavy atom. The number of halogens is 1. The van der Waals surface area contributed by atoms with Gasteiger partial charge in [0.05, 0.1) is 11.8 Å². The van der Waals surface area contributed by atoms with Crippen LogP contribution in [0.1, 0.15) is 31.2 Å². The Labute approximate surface area is 119 Å². The first-order valence-corrected chi connectivity index (χ1v) is 7.12. The zero-order valence-corrected chi connectivity index (χ0v) is 12.1. The van der Waals surface area contributed by atoms with E-state index in [0.29, 0.717) is 17.2 Å². The lowest BCUT2D eigenvalue weighted by Crippen LogP contribution is -2.16. The molecule has 1 heterocycles.